The molecule has 1 fully saturated rings. The Morgan fingerprint density at radius 3 is 2.71 bits per heavy atom. The molecule has 1 aromatic rings. The van der Waals surface area contributed by atoms with Crippen molar-refractivity contribution in [2.75, 3.05) is 11.4 Å². The molecule has 0 radical (unpaired) electrons. The van der Waals surface area contributed by atoms with Gasteiger partial charge in [0, 0.05) is 13.0 Å². The number of benzene rings is 1. The fourth-order valence-corrected chi connectivity index (χ4v) is 1.86. The van der Waals surface area contributed by atoms with Gasteiger partial charge in [-0.2, -0.15) is 0 Å². The molecule has 1 unspecified atom stereocenters. The highest BCUT2D eigenvalue weighted by Gasteiger charge is 2.30. The van der Waals surface area contributed by atoms with E-state index in [1.54, 1.807) is 24.3 Å². The van der Waals surface area contributed by atoms with Crippen LogP contribution in [-0.4, -0.2) is 22.9 Å². The van der Waals surface area contributed by atoms with Crippen molar-refractivity contribution >= 4 is 23.2 Å². The number of rotatable bonds is 1. The largest absolute Gasteiger partial charge is 0.506 e. The molecule has 0 aromatic heterocycles. The molecule has 1 atom stereocenters. The number of hydrogen-bond donors (Lipinski definition) is 1. The predicted molar refractivity (Wildman–Crippen MR) is 54.7 cm³/mol. The Labute approximate surface area is 86.9 Å². The summed E-state index contributed by atoms with van der Waals surface area (Å²) in [5.41, 5.74) is 0.542. The summed E-state index contributed by atoms with van der Waals surface area (Å²) >= 11 is 5.86. The second kappa shape index (κ2) is 3.50. The first-order chi connectivity index (χ1) is 6.68. The number of carbonyl (C=O) groups excluding carboxylic acids is 1. The minimum Gasteiger partial charge on any atom is -0.506 e. The maximum Gasteiger partial charge on any atom is 0.228 e. The number of anilines is 1. The molecule has 1 N–H and O–H groups in total. The summed E-state index contributed by atoms with van der Waals surface area (Å²) in [7, 11) is 0. The van der Waals surface area contributed by atoms with Crippen molar-refractivity contribution in [3.63, 3.8) is 0 Å². The molecule has 0 bridgehead atoms. The molecule has 0 aliphatic carbocycles. The van der Waals surface area contributed by atoms with Crippen LogP contribution in [0.15, 0.2) is 24.3 Å². The van der Waals surface area contributed by atoms with E-state index in [4.69, 9.17) is 11.6 Å². The number of phenolic OH excluding ortho intramolecular Hbond substituents is 1. The molecule has 1 aromatic carbocycles. The van der Waals surface area contributed by atoms with Crippen molar-refractivity contribution in [2.24, 2.45) is 0 Å². The predicted octanol–water partition coefficient (Wildman–Crippen LogP) is 1.74. The van der Waals surface area contributed by atoms with Crippen molar-refractivity contribution in [1.29, 1.82) is 0 Å². The van der Waals surface area contributed by atoms with E-state index in [1.165, 1.54) is 4.90 Å². The first-order valence-electron chi connectivity index (χ1n) is 4.41. The topological polar surface area (TPSA) is 40.5 Å². The zero-order valence-electron chi connectivity index (χ0n) is 7.48. The standard InChI is InChI=1S/C10H10ClNO2/c11-7-5-10(14)12(6-7)8-3-1-2-4-9(8)13/h1-4,7,13H,5-6H2. The van der Waals surface area contributed by atoms with E-state index < -0.39 is 0 Å². The maximum absolute atomic E-state index is 11.5. The van der Waals surface area contributed by atoms with Crippen LogP contribution in [0.3, 0.4) is 0 Å². The first kappa shape index (κ1) is 9.34. The van der Waals surface area contributed by atoms with Gasteiger partial charge in [0.25, 0.3) is 0 Å². The number of alkyl halides is 1. The van der Waals surface area contributed by atoms with Gasteiger partial charge in [0.1, 0.15) is 5.75 Å². The van der Waals surface area contributed by atoms with E-state index in [-0.39, 0.29) is 17.0 Å². The average molecular weight is 212 g/mol. The zero-order valence-corrected chi connectivity index (χ0v) is 8.24. The lowest BCUT2D eigenvalue weighted by atomic mass is 10.2. The van der Waals surface area contributed by atoms with Gasteiger partial charge < -0.3 is 10.0 Å². The van der Waals surface area contributed by atoms with Crippen molar-refractivity contribution in [3.05, 3.63) is 24.3 Å². The molecule has 0 spiro atoms. The molecule has 0 saturated carbocycles. The number of halogens is 1. The Kier molecular flexibility index (Phi) is 2.33. The summed E-state index contributed by atoms with van der Waals surface area (Å²) < 4.78 is 0. The zero-order chi connectivity index (χ0) is 10.1. The van der Waals surface area contributed by atoms with Gasteiger partial charge in [0.05, 0.1) is 11.1 Å². The van der Waals surface area contributed by atoms with Crippen LogP contribution in [0.2, 0.25) is 0 Å². The van der Waals surface area contributed by atoms with Crippen molar-refractivity contribution in [1.82, 2.24) is 0 Å². The third-order valence-electron chi connectivity index (χ3n) is 2.25. The summed E-state index contributed by atoms with van der Waals surface area (Å²) in [5.74, 6) is 0.0816. The number of nitrogens with zero attached hydrogens (tertiary/aromatic N) is 1. The molecule has 1 amide bonds. The lowest BCUT2D eigenvalue weighted by Gasteiger charge is -2.16. The summed E-state index contributed by atoms with van der Waals surface area (Å²) in [5, 5.41) is 9.39. The Morgan fingerprint density at radius 1 is 1.43 bits per heavy atom. The number of para-hydroxylation sites is 2. The molecular formula is C10H10ClNO2. The third-order valence-corrected chi connectivity index (χ3v) is 2.54. The van der Waals surface area contributed by atoms with Gasteiger partial charge in [0.15, 0.2) is 0 Å². The van der Waals surface area contributed by atoms with Crippen LogP contribution in [0.1, 0.15) is 6.42 Å². The minimum atomic E-state index is -0.151. The Hall–Kier alpha value is -1.22. The second-order valence-corrected chi connectivity index (χ2v) is 3.91. The van der Waals surface area contributed by atoms with Gasteiger partial charge in [-0.25, -0.2) is 0 Å². The van der Waals surface area contributed by atoms with Gasteiger partial charge >= 0.3 is 0 Å². The minimum absolute atomic E-state index is 0.0356. The van der Waals surface area contributed by atoms with E-state index in [1.807, 2.05) is 0 Å². The summed E-state index contributed by atoms with van der Waals surface area (Å²) in [6, 6.07) is 6.77. The van der Waals surface area contributed by atoms with Gasteiger partial charge in [-0.3, -0.25) is 4.79 Å². The van der Waals surface area contributed by atoms with Crippen LogP contribution < -0.4 is 4.90 Å². The van der Waals surface area contributed by atoms with Crippen molar-refractivity contribution < 1.29 is 9.90 Å². The molecule has 1 aliphatic heterocycles. The lowest BCUT2D eigenvalue weighted by Crippen LogP contribution is -2.24. The summed E-state index contributed by atoms with van der Waals surface area (Å²) in [6.45, 7) is 0.470. The van der Waals surface area contributed by atoms with Crippen LogP contribution in [0.25, 0.3) is 0 Å². The van der Waals surface area contributed by atoms with E-state index in [9.17, 15) is 9.90 Å². The van der Waals surface area contributed by atoms with E-state index in [0.717, 1.165) is 0 Å². The highest BCUT2D eigenvalue weighted by atomic mass is 35.5. The van der Waals surface area contributed by atoms with Crippen molar-refractivity contribution in [2.45, 2.75) is 11.8 Å². The van der Waals surface area contributed by atoms with Crippen LogP contribution in [-0.2, 0) is 4.79 Å². The average Bonchev–Trinajstić information content (AvgIpc) is 2.46. The molecule has 1 heterocycles. The molecule has 14 heavy (non-hydrogen) atoms. The highest BCUT2D eigenvalue weighted by Crippen LogP contribution is 2.31. The quantitative estimate of drug-likeness (QED) is 0.719. The Balaban J connectivity index is 2.32. The molecule has 1 aliphatic rings. The number of hydrogen-bond acceptors (Lipinski definition) is 2. The molecule has 2 rings (SSSR count). The lowest BCUT2D eigenvalue weighted by molar-refractivity contribution is -0.117. The normalized spacial score (nSPS) is 21.6. The van der Waals surface area contributed by atoms with Crippen LogP contribution in [0.5, 0.6) is 5.75 Å². The summed E-state index contributed by atoms with van der Waals surface area (Å²) in [4.78, 5) is 13.0. The van der Waals surface area contributed by atoms with Crippen LogP contribution in [0, 0.1) is 0 Å². The fraction of sp³-hybridized carbons (Fsp3) is 0.300. The number of aromatic hydroxyl groups is 1. The molecular weight excluding hydrogens is 202 g/mol. The number of carbonyl (C=O) groups is 1. The third kappa shape index (κ3) is 1.55. The fourth-order valence-electron chi connectivity index (χ4n) is 1.59. The maximum atomic E-state index is 11.5. The number of amides is 1. The summed E-state index contributed by atoms with van der Waals surface area (Å²) in [6.07, 6.45) is 0.343. The van der Waals surface area contributed by atoms with Gasteiger partial charge in [-0.1, -0.05) is 12.1 Å². The van der Waals surface area contributed by atoms with Gasteiger partial charge in [-0.15, -0.1) is 11.6 Å². The van der Waals surface area contributed by atoms with Gasteiger partial charge in [-0.05, 0) is 12.1 Å². The van der Waals surface area contributed by atoms with E-state index in [2.05, 4.69) is 0 Å². The molecule has 3 nitrogen and oxygen atoms in total. The van der Waals surface area contributed by atoms with Crippen LogP contribution in [0.4, 0.5) is 5.69 Å². The molecule has 74 valence electrons. The van der Waals surface area contributed by atoms with E-state index >= 15 is 0 Å². The monoisotopic (exact) mass is 211 g/mol. The molecule has 4 heteroatoms. The molecule has 1 saturated heterocycles. The van der Waals surface area contributed by atoms with Crippen molar-refractivity contribution in [3.8, 4) is 5.75 Å². The first-order valence-corrected chi connectivity index (χ1v) is 4.84. The Morgan fingerprint density at radius 2 is 2.14 bits per heavy atom. The van der Waals surface area contributed by atoms with Gasteiger partial charge in [0.2, 0.25) is 5.91 Å². The van der Waals surface area contributed by atoms with E-state index in [0.29, 0.717) is 18.7 Å². The number of phenols is 1. The smallest absolute Gasteiger partial charge is 0.228 e. The Bertz CT molecular complexity index is 367. The highest BCUT2D eigenvalue weighted by molar-refractivity contribution is 6.24. The SMILES string of the molecule is O=C1CC(Cl)CN1c1ccccc1O. The van der Waals surface area contributed by atoms with Crippen LogP contribution >= 0.6 is 11.6 Å². The second-order valence-electron chi connectivity index (χ2n) is 3.29.